The fourth-order valence-electron chi connectivity index (χ4n) is 1.97. The molecule has 0 radical (unpaired) electrons. The molecule has 0 aromatic heterocycles. The maximum Gasteiger partial charge on any atom is 0.318 e. The van der Waals surface area contributed by atoms with Crippen molar-refractivity contribution in [3.63, 3.8) is 0 Å². The first kappa shape index (κ1) is 11.1. The number of hydrogen-bond donors (Lipinski definition) is 0. The zero-order chi connectivity index (χ0) is 11.7. The molecular formula is C11H15NO4. The molecule has 1 atom stereocenters. The van der Waals surface area contributed by atoms with E-state index in [4.69, 9.17) is 0 Å². The average molecular weight is 225 g/mol. The van der Waals surface area contributed by atoms with Crippen LogP contribution in [0.2, 0.25) is 0 Å². The Bertz CT molecular complexity index is 327. The van der Waals surface area contributed by atoms with Crippen LogP contribution in [-0.2, 0) is 19.1 Å². The highest BCUT2D eigenvalue weighted by Gasteiger charge is 2.40. The highest BCUT2D eigenvalue weighted by molar-refractivity contribution is 6.00. The summed E-state index contributed by atoms with van der Waals surface area (Å²) in [7, 11) is 1.26. The van der Waals surface area contributed by atoms with Crippen molar-refractivity contribution in [3.8, 4) is 0 Å². The molecule has 1 amide bonds. The first-order chi connectivity index (χ1) is 7.63. The highest BCUT2D eigenvalue weighted by Crippen LogP contribution is 2.32. The van der Waals surface area contributed by atoms with Gasteiger partial charge in [0.1, 0.15) is 5.92 Å². The third kappa shape index (κ3) is 2.08. The quantitative estimate of drug-likeness (QED) is 0.489. The largest absolute Gasteiger partial charge is 0.468 e. The Hall–Kier alpha value is -1.39. The molecule has 2 rings (SSSR count). The van der Waals surface area contributed by atoms with E-state index < -0.39 is 11.9 Å². The van der Waals surface area contributed by atoms with Crippen molar-refractivity contribution < 1.29 is 19.1 Å². The maximum absolute atomic E-state index is 11.8. The topological polar surface area (TPSA) is 63.7 Å². The van der Waals surface area contributed by atoms with Gasteiger partial charge in [-0.1, -0.05) is 0 Å². The van der Waals surface area contributed by atoms with Gasteiger partial charge in [0.25, 0.3) is 0 Å². The molecular weight excluding hydrogens is 210 g/mol. The van der Waals surface area contributed by atoms with Crippen LogP contribution in [0.5, 0.6) is 0 Å². The molecule has 0 N–H and O–H groups in total. The number of ether oxygens (including phenoxy) is 1. The van der Waals surface area contributed by atoms with Crippen LogP contribution in [0.15, 0.2) is 0 Å². The number of ketones is 1. The van der Waals surface area contributed by atoms with E-state index in [-0.39, 0.29) is 30.6 Å². The van der Waals surface area contributed by atoms with Gasteiger partial charge in [-0.25, -0.2) is 0 Å². The molecule has 1 aliphatic carbocycles. The van der Waals surface area contributed by atoms with Gasteiger partial charge in [-0.05, 0) is 12.8 Å². The first-order valence-electron chi connectivity index (χ1n) is 5.53. The van der Waals surface area contributed by atoms with Gasteiger partial charge in [0.05, 0.1) is 7.11 Å². The highest BCUT2D eigenvalue weighted by atomic mass is 16.5. The third-order valence-electron chi connectivity index (χ3n) is 3.14. The van der Waals surface area contributed by atoms with Crippen molar-refractivity contribution in [2.24, 2.45) is 11.8 Å². The maximum atomic E-state index is 11.8. The second kappa shape index (κ2) is 4.23. The number of amides is 1. The average Bonchev–Trinajstić information content (AvgIpc) is 3.11. The van der Waals surface area contributed by atoms with Crippen LogP contribution < -0.4 is 0 Å². The number of methoxy groups -OCH3 is 1. The van der Waals surface area contributed by atoms with Crippen molar-refractivity contribution in [1.29, 1.82) is 0 Å². The Morgan fingerprint density at radius 3 is 2.62 bits per heavy atom. The summed E-state index contributed by atoms with van der Waals surface area (Å²) in [6.45, 7) is 0.641. The van der Waals surface area contributed by atoms with Crippen LogP contribution >= 0.6 is 0 Å². The molecule has 2 fully saturated rings. The van der Waals surface area contributed by atoms with Crippen LogP contribution in [0.4, 0.5) is 0 Å². The Morgan fingerprint density at radius 1 is 1.38 bits per heavy atom. The number of esters is 1. The minimum atomic E-state index is -0.776. The molecule has 88 valence electrons. The summed E-state index contributed by atoms with van der Waals surface area (Å²) in [6.07, 6.45) is 2.14. The Kier molecular flexibility index (Phi) is 2.94. The van der Waals surface area contributed by atoms with Crippen LogP contribution in [0.3, 0.4) is 0 Å². The van der Waals surface area contributed by atoms with E-state index in [0.29, 0.717) is 6.54 Å². The summed E-state index contributed by atoms with van der Waals surface area (Å²) < 4.78 is 4.57. The standard InChI is InChI=1S/C11H15NO4/c1-16-11(15)8-6-12(5-4-9(8)13)10(14)7-2-3-7/h7-8H,2-6H2,1H3. The van der Waals surface area contributed by atoms with Crippen LogP contribution in [-0.4, -0.2) is 42.8 Å². The predicted molar refractivity (Wildman–Crippen MR) is 54.4 cm³/mol. The van der Waals surface area contributed by atoms with Crippen molar-refractivity contribution in [3.05, 3.63) is 0 Å². The van der Waals surface area contributed by atoms with Gasteiger partial charge in [0.2, 0.25) is 5.91 Å². The Labute approximate surface area is 93.7 Å². The molecule has 1 saturated heterocycles. The summed E-state index contributed by atoms with van der Waals surface area (Å²) in [5.41, 5.74) is 0. The van der Waals surface area contributed by atoms with E-state index in [1.165, 1.54) is 7.11 Å². The van der Waals surface area contributed by atoms with Gasteiger partial charge in [-0.2, -0.15) is 0 Å². The molecule has 0 aromatic rings. The lowest BCUT2D eigenvalue weighted by atomic mass is 9.96. The van der Waals surface area contributed by atoms with Crippen molar-refractivity contribution >= 4 is 17.7 Å². The van der Waals surface area contributed by atoms with Gasteiger partial charge in [0, 0.05) is 25.4 Å². The molecule has 0 bridgehead atoms. The number of carbonyl (C=O) groups excluding carboxylic acids is 3. The van der Waals surface area contributed by atoms with Gasteiger partial charge >= 0.3 is 5.97 Å². The lowest BCUT2D eigenvalue weighted by Crippen LogP contribution is -2.47. The number of likely N-dealkylation sites (tertiary alicyclic amines) is 1. The molecule has 0 spiro atoms. The summed E-state index contributed by atoms with van der Waals surface area (Å²) in [5.74, 6) is -1.21. The van der Waals surface area contributed by atoms with Crippen molar-refractivity contribution in [1.82, 2.24) is 4.90 Å². The van der Waals surface area contributed by atoms with Crippen LogP contribution in [0.1, 0.15) is 19.3 Å². The van der Waals surface area contributed by atoms with Gasteiger partial charge in [-0.3, -0.25) is 14.4 Å². The lowest BCUT2D eigenvalue weighted by Gasteiger charge is -2.30. The summed E-state index contributed by atoms with van der Waals surface area (Å²) >= 11 is 0. The number of piperidine rings is 1. The molecule has 2 aliphatic rings. The van der Waals surface area contributed by atoms with Crippen molar-refractivity contribution in [2.45, 2.75) is 19.3 Å². The molecule has 1 unspecified atom stereocenters. The van der Waals surface area contributed by atoms with E-state index in [1.807, 2.05) is 0 Å². The van der Waals surface area contributed by atoms with Crippen LogP contribution in [0.25, 0.3) is 0 Å². The van der Waals surface area contributed by atoms with E-state index >= 15 is 0 Å². The van der Waals surface area contributed by atoms with Gasteiger partial charge in [0.15, 0.2) is 5.78 Å². The SMILES string of the molecule is COC(=O)C1CN(C(=O)C2CC2)CCC1=O. The first-order valence-corrected chi connectivity index (χ1v) is 5.53. The summed E-state index contributed by atoms with van der Waals surface area (Å²) in [6, 6.07) is 0. The molecule has 0 aromatic carbocycles. The van der Waals surface area contributed by atoms with E-state index in [9.17, 15) is 14.4 Å². The Balaban J connectivity index is 2.00. The zero-order valence-corrected chi connectivity index (χ0v) is 9.27. The van der Waals surface area contributed by atoms with Gasteiger partial charge < -0.3 is 9.64 Å². The normalized spacial score (nSPS) is 25.4. The fourth-order valence-corrected chi connectivity index (χ4v) is 1.97. The monoisotopic (exact) mass is 225 g/mol. The number of nitrogens with zero attached hydrogens (tertiary/aromatic N) is 1. The summed E-state index contributed by atoms with van der Waals surface area (Å²) in [4.78, 5) is 36.3. The Morgan fingerprint density at radius 2 is 2.06 bits per heavy atom. The third-order valence-corrected chi connectivity index (χ3v) is 3.14. The number of Topliss-reactive ketones (excluding diaryl/α,β-unsaturated/α-hetero) is 1. The molecule has 5 nitrogen and oxygen atoms in total. The predicted octanol–water partition coefficient (Wildman–Crippen LogP) is -0.0130. The molecule has 5 heteroatoms. The number of rotatable bonds is 2. The second-order valence-electron chi connectivity index (χ2n) is 4.35. The molecule has 16 heavy (non-hydrogen) atoms. The van der Waals surface area contributed by atoms with Gasteiger partial charge in [-0.15, -0.1) is 0 Å². The minimum Gasteiger partial charge on any atom is -0.468 e. The van der Waals surface area contributed by atoms with E-state index in [0.717, 1.165) is 12.8 Å². The van der Waals surface area contributed by atoms with Crippen molar-refractivity contribution in [2.75, 3.05) is 20.2 Å². The number of hydrogen-bond acceptors (Lipinski definition) is 4. The lowest BCUT2D eigenvalue weighted by molar-refractivity contribution is -0.153. The second-order valence-corrected chi connectivity index (χ2v) is 4.35. The van der Waals surface area contributed by atoms with E-state index in [2.05, 4.69) is 4.74 Å². The molecule has 1 aliphatic heterocycles. The fraction of sp³-hybridized carbons (Fsp3) is 0.727. The summed E-state index contributed by atoms with van der Waals surface area (Å²) in [5, 5.41) is 0. The molecule has 1 saturated carbocycles. The smallest absolute Gasteiger partial charge is 0.318 e. The zero-order valence-electron chi connectivity index (χ0n) is 9.27. The van der Waals surface area contributed by atoms with Crippen LogP contribution in [0, 0.1) is 11.8 Å². The van der Waals surface area contributed by atoms with E-state index in [1.54, 1.807) is 4.90 Å². The minimum absolute atomic E-state index is 0.0846. The number of carbonyl (C=O) groups is 3. The molecule has 1 heterocycles.